The minimum Gasteiger partial charge on any atom is -0.622 e. The lowest BCUT2D eigenvalue weighted by Gasteiger charge is -2.30. The van der Waals surface area contributed by atoms with Crippen LogP contribution in [0.15, 0.2) is 11.4 Å². The fraction of sp³-hybridized carbons (Fsp3) is 0.400. The number of allylic oxidation sites excluding steroid dienone is 2. The van der Waals surface area contributed by atoms with Gasteiger partial charge in [0.25, 0.3) is 5.82 Å². The van der Waals surface area contributed by atoms with Gasteiger partial charge in [-0.25, -0.2) is 0 Å². The van der Waals surface area contributed by atoms with Crippen molar-refractivity contribution in [2.24, 2.45) is 0 Å². The van der Waals surface area contributed by atoms with Crippen molar-refractivity contribution in [3.63, 3.8) is 0 Å². The summed E-state index contributed by atoms with van der Waals surface area (Å²) in [6.07, 6.45) is 0. The van der Waals surface area contributed by atoms with Gasteiger partial charge in [0.05, 0.1) is 5.69 Å². The molecule has 0 saturated carbocycles. The smallest absolute Gasteiger partial charge is 0.305 e. The zero-order valence-electron chi connectivity index (χ0n) is 10.1. The van der Waals surface area contributed by atoms with Crippen LogP contribution >= 0.6 is 0 Å². The standard InChI is InChI=1S/C10H13N5O2/c1-5-7(11)9-14(12-5)10(16)8(13(3)4)6(2)15(9)17/h15H,1-4H3. The SMILES string of the molecule is CC1=C(N(C)C)C(=O)n2nc(C)c([N])c2[NH+]1[O-]. The lowest BCUT2D eigenvalue weighted by molar-refractivity contribution is -0.736. The van der Waals surface area contributed by atoms with Gasteiger partial charge in [0, 0.05) is 21.0 Å². The van der Waals surface area contributed by atoms with Crippen LogP contribution in [-0.4, -0.2) is 34.7 Å². The number of nitrogens with one attached hydrogen (secondary N) is 1. The van der Waals surface area contributed by atoms with Crippen LogP contribution in [-0.2, 0) is 0 Å². The molecule has 0 aliphatic carbocycles. The molecule has 1 aliphatic heterocycles. The molecule has 7 heteroatoms. The van der Waals surface area contributed by atoms with Gasteiger partial charge in [-0.1, -0.05) is 0 Å². The van der Waals surface area contributed by atoms with Gasteiger partial charge in [-0.2, -0.15) is 5.10 Å². The van der Waals surface area contributed by atoms with Crippen molar-refractivity contribution in [3.8, 4) is 0 Å². The van der Waals surface area contributed by atoms with Crippen LogP contribution in [0.3, 0.4) is 0 Å². The highest BCUT2D eigenvalue weighted by atomic mass is 16.5. The van der Waals surface area contributed by atoms with E-state index in [0.29, 0.717) is 11.4 Å². The lowest BCUT2D eigenvalue weighted by atomic mass is 10.2. The third kappa shape index (κ3) is 1.43. The van der Waals surface area contributed by atoms with Crippen LogP contribution in [0.5, 0.6) is 0 Å². The second-order valence-electron chi connectivity index (χ2n) is 4.20. The van der Waals surface area contributed by atoms with E-state index in [1.807, 2.05) is 0 Å². The van der Waals surface area contributed by atoms with Crippen molar-refractivity contribution in [1.82, 2.24) is 20.4 Å². The van der Waals surface area contributed by atoms with Crippen LogP contribution in [0.1, 0.15) is 17.4 Å². The molecule has 0 spiro atoms. The number of rotatable bonds is 1. The molecule has 0 bridgehead atoms. The number of hydrogen-bond acceptors (Lipinski definition) is 4. The molecule has 1 aromatic rings. The first kappa shape index (κ1) is 11.6. The lowest BCUT2D eigenvalue weighted by Crippen LogP contribution is -3.01. The molecule has 0 amide bonds. The number of carbonyl (C=O) groups is 1. The van der Waals surface area contributed by atoms with Crippen molar-refractivity contribution >= 4 is 17.4 Å². The van der Waals surface area contributed by atoms with Gasteiger partial charge in [-0.15, -0.1) is 10.4 Å². The van der Waals surface area contributed by atoms with E-state index in [2.05, 4.69) is 5.10 Å². The maximum Gasteiger partial charge on any atom is 0.305 e. The summed E-state index contributed by atoms with van der Waals surface area (Å²) in [5.74, 6) is -0.443. The van der Waals surface area contributed by atoms with E-state index >= 15 is 0 Å². The van der Waals surface area contributed by atoms with Gasteiger partial charge >= 0.3 is 5.91 Å². The summed E-state index contributed by atoms with van der Waals surface area (Å²) in [5, 5.41) is 15.6. The van der Waals surface area contributed by atoms with Gasteiger partial charge in [0.15, 0.2) is 11.4 Å². The number of aryl methyl sites for hydroxylation is 1. The molecule has 1 atom stereocenters. The Labute approximate surface area is 98.7 Å². The van der Waals surface area contributed by atoms with Crippen LogP contribution in [0.4, 0.5) is 11.5 Å². The average Bonchev–Trinajstić information content (AvgIpc) is 2.53. The van der Waals surface area contributed by atoms with Crippen molar-refractivity contribution < 1.29 is 9.86 Å². The monoisotopic (exact) mass is 235 g/mol. The molecule has 90 valence electrons. The Morgan fingerprint density at radius 3 is 2.53 bits per heavy atom. The number of quaternary nitrogens is 1. The molecular formula is C10H13N5O2. The molecule has 2 radical (unpaired) electrons. The first-order chi connectivity index (χ1) is 7.86. The first-order valence-corrected chi connectivity index (χ1v) is 5.12. The number of hydroxylamine groups is 1. The maximum atomic E-state index is 12.1. The Morgan fingerprint density at radius 1 is 1.41 bits per heavy atom. The van der Waals surface area contributed by atoms with Gasteiger partial charge in [-0.05, 0) is 6.92 Å². The number of aromatic nitrogens is 2. The number of hydrogen-bond donors (Lipinski definition) is 1. The predicted molar refractivity (Wildman–Crippen MR) is 59.8 cm³/mol. The predicted octanol–water partition coefficient (Wildman–Crippen LogP) is -0.647. The Kier molecular flexibility index (Phi) is 2.44. The summed E-state index contributed by atoms with van der Waals surface area (Å²) < 4.78 is 0.968. The molecule has 1 N–H and O–H groups in total. The highest BCUT2D eigenvalue weighted by Gasteiger charge is 2.36. The zero-order chi connectivity index (χ0) is 12.9. The summed E-state index contributed by atoms with van der Waals surface area (Å²) in [4.78, 5) is 13.7. The summed E-state index contributed by atoms with van der Waals surface area (Å²) >= 11 is 0. The minimum atomic E-state index is -0.398. The van der Waals surface area contributed by atoms with Gasteiger partial charge < -0.3 is 10.1 Å². The van der Waals surface area contributed by atoms with Crippen LogP contribution in [0.2, 0.25) is 0 Å². The third-order valence-corrected chi connectivity index (χ3v) is 2.78. The van der Waals surface area contributed by atoms with Crippen LogP contribution in [0.25, 0.3) is 0 Å². The largest absolute Gasteiger partial charge is 0.622 e. The quantitative estimate of drug-likeness (QED) is 0.655. The van der Waals surface area contributed by atoms with E-state index in [9.17, 15) is 15.7 Å². The first-order valence-electron chi connectivity index (χ1n) is 5.12. The fourth-order valence-corrected chi connectivity index (χ4v) is 1.94. The van der Waals surface area contributed by atoms with Crippen molar-refractivity contribution in [1.29, 1.82) is 0 Å². The molecule has 2 heterocycles. The van der Waals surface area contributed by atoms with E-state index in [-0.39, 0.29) is 22.3 Å². The van der Waals surface area contributed by atoms with Gasteiger partial charge in [0.1, 0.15) is 5.70 Å². The third-order valence-electron chi connectivity index (χ3n) is 2.78. The van der Waals surface area contributed by atoms with E-state index in [1.165, 1.54) is 0 Å². The summed E-state index contributed by atoms with van der Waals surface area (Å²) in [5.41, 5.74) is 10.4. The maximum absolute atomic E-state index is 12.1. The molecule has 7 nitrogen and oxygen atoms in total. The number of carbonyl (C=O) groups excluding carboxylic acids is 1. The second kappa shape index (κ2) is 3.57. The van der Waals surface area contributed by atoms with Gasteiger partial charge in [0.2, 0.25) is 0 Å². The fourth-order valence-electron chi connectivity index (χ4n) is 1.94. The van der Waals surface area contributed by atoms with E-state index < -0.39 is 5.91 Å². The zero-order valence-corrected chi connectivity index (χ0v) is 10.1. The number of nitrogens with zero attached hydrogens (tertiary/aromatic N) is 4. The van der Waals surface area contributed by atoms with E-state index in [4.69, 9.17) is 0 Å². The van der Waals surface area contributed by atoms with Crippen molar-refractivity contribution in [2.75, 3.05) is 14.1 Å². The molecule has 1 aliphatic rings. The normalized spacial score (nSPS) is 19.6. The molecular weight excluding hydrogens is 222 g/mol. The Bertz CT molecular complexity index is 529. The Hall–Kier alpha value is -1.86. The van der Waals surface area contributed by atoms with E-state index in [1.54, 1.807) is 32.8 Å². The second-order valence-corrected chi connectivity index (χ2v) is 4.20. The highest BCUT2D eigenvalue weighted by Crippen LogP contribution is 2.25. The van der Waals surface area contributed by atoms with Crippen LogP contribution in [0, 0.1) is 12.1 Å². The topological polar surface area (TPSA) is 87.9 Å². The average molecular weight is 235 g/mol. The summed E-state index contributed by atoms with van der Waals surface area (Å²) in [6, 6.07) is 0. The molecule has 0 saturated heterocycles. The van der Waals surface area contributed by atoms with Crippen molar-refractivity contribution in [2.45, 2.75) is 13.8 Å². The minimum absolute atomic E-state index is 0.0457. The molecule has 0 fully saturated rings. The van der Waals surface area contributed by atoms with Gasteiger partial charge in [-0.3, -0.25) is 9.86 Å². The molecule has 1 unspecified atom stereocenters. The molecule has 17 heavy (non-hydrogen) atoms. The summed E-state index contributed by atoms with van der Waals surface area (Å²) in [6.45, 7) is 3.12. The molecule has 1 aromatic heterocycles. The number of likely N-dealkylation sites (N-methyl/N-ethyl adjacent to an activating group) is 1. The molecule has 0 aromatic carbocycles. The highest BCUT2D eigenvalue weighted by molar-refractivity contribution is 5.97. The summed E-state index contributed by atoms with van der Waals surface area (Å²) in [7, 11) is 3.37. The number of fused-ring (bicyclic) bond motifs is 1. The van der Waals surface area contributed by atoms with Crippen molar-refractivity contribution in [3.05, 3.63) is 22.3 Å². The Morgan fingerprint density at radius 2 is 2.00 bits per heavy atom. The van der Waals surface area contributed by atoms with Crippen LogP contribution < -0.4 is 10.8 Å². The Balaban J connectivity index is 2.68. The van der Waals surface area contributed by atoms with E-state index in [0.717, 1.165) is 4.68 Å². The molecule has 2 rings (SSSR count).